The van der Waals surface area contributed by atoms with Crippen LogP contribution in [0.1, 0.15) is 17.5 Å². The van der Waals surface area contributed by atoms with E-state index in [0.29, 0.717) is 36.8 Å². The van der Waals surface area contributed by atoms with Gasteiger partial charge in [-0.25, -0.2) is 0 Å². The van der Waals surface area contributed by atoms with Crippen LogP contribution in [0, 0.1) is 0 Å². The molecule has 1 atom stereocenters. The molecule has 1 saturated heterocycles. The highest BCUT2D eigenvalue weighted by Gasteiger charge is 2.31. The number of rotatable bonds is 5. The first kappa shape index (κ1) is 18.9. The normalized spacial score (nSPS) is 17.0. The number of likely N-dealkylation sites (tertiary alicyclic amines) is 1. The summed E-state index contributed by atoms with van der Waals surface area (Å²) in [5, 5.41) is 0. The second-order valence-electron chi connectivity index (χ2n) is 6.14. The zero-order valence-electron chi connectivity index (χ0n) is 14.6. The summed E-state index contributed by atoms with van der Waals surface area (Å²) in [5.41, 5.74) is -0.191. The molecule has 27 heavy (non-hydrogen) atoms. The van der Waals surface area contributed by atoms with Gasteiger partial charge in [-0.3, -0.25) is 9.78 Å². The minimum Gasteiger partial charge on any atom is -0.480 e. The van der Waals surface area contributed by atoms with Gasteiger partial charge in [-0.1, -0.05) is 12.1 Å². The maximum atomic E-state index is 12.6. The van der Waals surface area contributed by atoms with E-state index in [2.05, 4.69) is 9.97 Å². The van der Waals surface area contributed by atoms with E-state index in [0.717, 1.165) is 12.1 Å². The summed E-state index contributed by atoms with van der Waals surface area (Å²) >= 11 is 0. The Morgan fingerprint density at radius 2 is 1.93 bits per heavy atom. The van der Waals surface area contributed by atoms with E-state index in [-0.39, 0.29) is 18.4 Å². The van der Waals surface area contributed by atoms with Crippen molar-refractivity contribution in [1.82, 2.24) is 14.9 Å². The average Bonchev–Trinajstić information content (AvgIpc) is 3.10. The predicted molar refractivity (Wildman–Crippen MR) is 89.3 cm³/mol. The molecule has 1 unspecified atom stereocenters. The van der Waals surface area contributed by atoms with Crippen LogP contribution in [0.3, 0.4) is 0 Å². The Hall–Kier alpha value is -2.84. The third kappa shape index (κ3) is 4.87. The lowest BCUT2D eigenvalue weighted by Gasteiger charge is -2.17. The van der Waals surface area contributed by atoms with Crippen LogP contribution in [0.25, 0.3) is 0 Å². The Bertz CT molecular complexity index is 796. The number of halogens is 3. The molecular formula is C18H18F3N3O3. The summed E-state index contributed by atoms with van der Waals surface area (Å²) in [7, 11) is 1.48. The number of hydrogen-bond acceptors (Lipinski definition) is 5. The van der Waals surface area contributed by atoms with Crippen LogP contribution in [0.15, 0.2) is 36.7 Å². The van der Waals surface area contributed by atoms with Gasteiger partial charge in [0, 0.05) is 13.0 Å². The van der Waals surface area contributed by atoms with Crippen molar-refractivity contribution in [2.45, 2.75) is 25.1 Å². The molecule has 1 aliphatic rings. The van der Waals surface area contributed by atoms with Crippen molar-refractivity contribution in [2.24, 2.45) is 0 Å². The lowest BCUT2D eigenvalue weighted by molar-refractivity contribution is -0.137. The highest BCUT2D eigenvalue weighted by molar-refractivity contribution is 5.79. The Balaban J connectivity index is 1.54. The number of amides is 1. The molecule has 0 saturated carbocycles. The van der Waals surface area contributed by atoms with Gasteiger partial charge in [-0.05, 0) is 17.7 Å². The average molecular weight is 381 g/mol. The summed E-state index contributed by atoms with van der Waals surface area (Å²) in [6, 6.07) is 4.63. The number of methoxy groups -OCH3 is 1. The van der Waals surface area contributed by atoms with E-state index < -0.39 is 11.7 Å². The van der Waals surface area contributed by atoms with Crippen LogP contribution in [0.2, 0.25) is 0 Å². The maximum absolute atomic E-state index is 12.6. The highest BCUT2D eigenvalue weighted by atomic mass is 19.4. The van der Waals surface area contributed by atoms with Gasteiger partial charge in [0.05, 0.1) is 38.0 Å². The highest BCUT2D eigenvalue weighted by Crippen LogP contribution is 2.29. The molecule has 1 aliphatic heterocycles. The summed E-state index contributed by atoms with van der Waals surface area (Å²) in [6.45, 7) is 0.903. The zero-order chi connectivity index (χ0) is 19.4. The van der Waals surface area contributed by atoms with Crippen LogP contribution in [0.4, 0.5) is 13.2 Å². The molecule has 1 fully saturated rings. The fourth-order valence-corrected chi connectivity index (χ4v) is 2.81. The molecule has 1 aromatic heterocycles. The van der Waals surface area contributed by atoms with Gasteiger partial charge < -0.3 is 14.4 Å². The van der Waals surface area contributed by atoms with E-state index in [1.54, 1.807) is 4.90 Å². The van der Waals surface area contributed by atoms with Crippen LogP contribution >= 0.6 is 0 Å². The van der Waals surface area contributed by atoms with Crippen LogP contribution in [0.5, 0.6) is 11.8 Å². The Labute approximate surface area is 153 Å². The second kappa shape index (κ2) is 7.81. The SMILES string of the molecule is COc1cncc(OC2CCN(C(=O)Cc3ccc(C(F)(F)F)cc3)C2)n1. The number of aromatic nitrogens is 2. The van der Waals surface area contributed by atoms with Crippen molar-refractivity contribution in [1.29, 1.82) is 0 Å². The fourth-order valence-electron chi connectivity index (χ4n) is 2.81. The molecule has 0 bridgehead atoms. The lowest BCUT2D eigenvalue weighted by Crippen LogP contribution is -2.32. The number of nitrogens with zero attached hydrogens (tertiary/aromatic N) is 3. The van der Waals surface area contributed by atoms with Crippen LogP contribution < -0.4 is 9.47 Å². The summed E-state index contributed by atoms with van der Waals surface area (Å²) in [5.74, 6) is 0.495. The van der Waals surface area contributed by atoms with Gasteiger partial charge in [-0.2, -0.15) is 18.2 Å². The molecule has 0 radical (unpaired) electrons. The number of benzene rings is 1. The minimum atomic E-state index is -4.38. The largest absolute Gasteiger partial charge is 0.480 e. The van der Waals surface area contributed by atoms with Gasteiger partial charge in [0.15, 0.2) is 0 Å². The fraction of sp³-hybridized carbons (Fsp3) is 0.389. The third-order valence-corrected chi connectivity index (χ3v) is 4.22. The molecule has 9 heteroatoms. The first-order valence-electron chi connectivity index (χ1n) is 8.32. The summed E-state index contributed by atoms with van der Waals surface area (Å²) in [6.07, 6.45) is -0.994. The van der Waals surface area contributed by atoms with Gasteiger partial charge in [0.1, 0.15) is 6.10 Å². The van der Waals surface area contributed by atoms with Gasteiger partial charge in [0.25, 0.3) is 0 Å². The zero-order valence-corrected chi connectivity index (χ0v) is 14.6. The van der Waals surface area contributed by atoms with E-state index in [1.807, 2.05) is 0 Å². The Kier molecular flexibility index (Phi) is 5.48. The molecule has 0 aliphatic carbocycles. The standard InChI is InChI=1S/C18H18F3N3O3/c1-26-15-9-22-10-16(23-15)27-14-6-7-24(11-14)17(25)8-12-2-4-13(5-3-12)18(19,20)21/h2-5,9-10,14H,6-8,11H2,1H3. The van der Waals surface area contributed by atoms with Crippen molar-refractivity contribution >= 4 is 5.91 Å². The number of ether oxygens (including phenoxy) is 2. The quantitative estimate of drug-likeness (QED) is 0.797. The first-order valence-corrected chi connectivity index (χ1v) is 8.32. The van der Waals surface area contributed by atoms with Crippen LogP contribution in [-0.2, 0) is 17.4 Å². The molecule has 0 spiro atoms. The molecule has 0 N–H and O–H groups in total. The monoisotopic (exact) mass is 381 g/mol. The molecule has 1 aromatic carbocycles. The van der Waals surface area contributed by atoms with Crippen molar-refractivity contribution in [2.75, 3.05) is 20.2 Å². The summed E-state index contributed by atoms with van der Waals surface area (Å²) < 4.78 is 48.5. The molecule has 1 amide bonds. The number of carbonyl (C=O) groups excluding carboxylic acids is 1. The van der Waals surface area contributed by atoms with Gasteiger partial charge in [-0.15, -0.1) is 0 Å². The molecule has 144 valence electrons. The van der Waals surface area contributed by atoms with E-state index in [4.69, 9.17) is 9.47 Å². The topological polar surface area (TPSA) is 64.6 Å². The molecule has 2 aromatic rings. The minimum absolute atomic E-state index is 0.0455. The van der Waals surface area contributed by atoms with Crippen molar-refractivity contribution in [3.63, 3.8) is 0 Å². The maximum Gasteiger partial charge on any atom is 0.416 e. The van der Waals surface area contributed by atoms with Crippen molar-refractivity contribution in [3.05, 3.63) is 47.8 Å². The smallest absolute Gasteiger partial charge is 0.416 e. The van der Waals surface area contributed by atoms with Crippen molar-refractivity contribution in [3.8, 4) is 11.8 Å². The molecule has 6 nitrogen and oxygen atoms in total. The first-order chi connectivity index (χ1) is 12.8. The number of alkyl halides is 3. The lowest BCUT2D eigenvalue weighted by atomic mass is 10.1. The Morgan fingerprint density at radius 1 is 1.22 bits per heavy atom. The predicted octanol–water partition coefficient (Wildman–Crippen LogP) is 2.73. The van der Waals surface area contributed by atoms with E-state index in [1.165, 1.54) is 31.6 Å². The third-order valence-electron chi connectivity index (χ3n) is 4.22. The summed E-state index contributed by atoms with van der Waals surface area (Å²) in [4.78, 5) is 22.1. The van der Waals surface area contributed by atoms with Gasteiger partial charge in [0.2, 0.25) is 17.7 Å². The van der Waals surface area contributed by atoms with E-state index >= 15 is 0 Å². The molecule has 2 heterocycles. The van der Waals surface area contributed by atoms with Gasteiger partial charge >= 0.3 is 6.18 Å². The molecule has 3 rings (SSSR count). The number of carbonyl (C=O) groups is 1. The van der Waals surface area contributed by atoms with E-state index in [9.17, 15) is 18.0 Å². The number of hydrogen-bond donors (Lipinski definition) is 0. The second-order valence-corrected chi connectivity index (χ2v) is 6.14. The van der Waals surface area contributed by atoms with Crippen molar-refractivity contribution < 1.29 is 27.4 Å². The molecular weight excluding hydrogens is 363 g/mol. The van der Waals surface area contributed by atoms with Crippen LogP contribution in [-0.4, -0.2) is 47.1 Å². The Morgan fingerprint density at radius 3 is 2.59 bits per heavy atom.